The summed E-state index contributed by atoms with van der Waals surface area (Å²) < 4.78 is 0. The maximum Gasteiger partial charge on any atom is 0.246 e. The molecule has 0 radical (unpaired) electrons. The molecule has 0 aliphatic rings. The molecule has 0 saturated carbocycles. The Labute approximate surface area is 144 Å². The highest BCUT2D eigenvalue weighted by Crippen LogP contribution is 2.04. The summed E-state index contributed by atoms with van der Waals surface area (Å²) in [5, 5.41) is 9.18. The van der Waals surface area contributed by atoms with Crippen molar-refractivity contribution in [2.75, 3.05) is 18.4 Å². The van der Waals surface area contributed by atoms with Crippen LogP contribution in [-0.4, -0.2) is 31.0 Å². The van der Waals surface area contributed by atoms with Gasteiger partial charge in [-0.25, -0.2) is 4.99 Å². The first-order chi connectivity index (χ1) is 9.65. The van der Waals surface area contributed by atoms with Crippen LogP contribution >= 0.6 is 24.0 Å². The number of anilines is 1. The number of carbonyl (C=O) groups excluding carboxylic acids is 1. The molecule has 0 spiro atoms. The number of guanidine groups is 1. The van der Waals surface area contributed by atoms with E-state index in [0.29, 0.717) is 12.0 Å². The normalized spacial score (nSPS) is 12.0. The maximum absolute atomic E-state index is 11.8. The number of para-hydroxylation sites is 1. The molecule has 3 N–H and O–H groups in total. The van der Waals surface area contributed by atoms with Crippen LogP contribution in [0.1, 0.15) is 27.2 Å². The van der Waals surface area contributed by atoms with E-state index in [1.165, 1.54) is 0 Å². The van der Waals surface area contributed by atoms with Gasteiger partial charge in [0.05, 0.1) is 0 Å². The van der Waals surface area contributed by atoms with Crippen molar-refractivity contribution in [3.63, 3.8) is 0 Å². The maximum atomic E-state index is 11.8. The van der Waals surface area contributed by atoms with Crippen molar-refractivity contribution in [2.45, 2.75) is 33.2 Å². The Morgan fingerprint density at radius 2 is 1.90 bits per heavy atom. The van der Waals surface area contributed by atoms with Gasteiger partial charge in [-0.15, -0.1) is 24.0 Å². The Morgan fingerprint density at radius 3 is 2.48 bits per heavy atom. The fourth-order valence-corrected chi connectivity index (χ4v) is 1.53. The van der Waals surface area contributed by atoms with Crippen LogP contribution in [0.25, 0.3) is 0 Å². The predicted molar refractivity (Wildman–Crippen MR) is 99.4 cm³/mol. The Bertz CT molecular complexity index is 437. The average molecular weight is 404 g/mol. The molecule has 6 heteroatoms. The molecule has 5 nitrogen and oxygen atoms in total. The van der Waals surface area contributed by atoms with Crippen LogP contribution < -0.4 is 16.0 Å². The van der Waals surface area contributed by atoms with Crippen molar-refractivity contribution >= 4 is 41.5 Å². The largest absolute Gasteiger partial charge is 0.357 e. The summed E-state index contributed by atoms with van der Waals surface area (Å²) in [4.78, 5) is 16.1. The number of halogens is 1. The zero-order valence-electron chi connectivity index (χ0n) is 12.8. The van der Waals surface area contributed by atoms with Crippen molar-refractivity contribution in [2.24, 2.45) is 4.99 Å². The third-order valence-electron chi connectivity index (χ3n) is 2.78. The molecular formula is C15H25IN4O. The van der Waals surface area contributed by atoms with Crippen molar-refractivity contribution in [3.8, 4) is 0 Å². The minimum atomic E-state index is -0.127. The summed E-state index contributed by atoms with van der Waals surface area (Å²) in [6.07, 6.45) is 1.00. The van der Waals surface area contributed by atoms with Crippen molar-refractivity contribution in [1.29, 1.82) is 0 Å². The van der Waals surface area contributed by atoms with Gasteiger partial charge in [0.25, 0.3) is 0 Å². The number of nitrogens with zero attached hydrogens (tertiary/aromatic N) is 1. The smallest absolute Gasteiger partial charge is 0.246 e. The first-order valence-electron chi connectivity index (χ1n) is 7.05. The summed E-state index contributed by atoms with van der Waals surface area (Å²) in [6.45, 7) is 7.04. The van der Waals surface area contributed by atoms with E-state index in [1.807, 2.05) is 37.3 Å². The predicted octanol–water partition coefficient (Wildman–Crippen LogP) is 2.60. The first kappa shape index (κ1) is 19.7. The van der Waals surface area contributed by atoms with E-state index in [-0.39, 0.29) is 36.4 Å². The van der Waals surface area contributed by atoms with Gasteiger partial charge in [-0.05, 0) is 32.4 Å². The van der Waals surface area contributed by atoms with Crippen molar-refractivity contribution < 1.29 is 4.79 Å². The number of benzene rings is 1. The molecule has 0 aromatic heterocycles. The summed E-state index contributed by atoms with van der Waals surface area (Å²) in [5.41, 5.74) is 0.785. The zero-order valence-corrected chi connectivity index (χ0v) is 15.2. The van der Waals surface area contributed by atoms with Crippen LogP contribution in [0, 0.1) is 0 Å². The molecule has 118 valence electrons. The molecule has 1 rings (SSSR count). The first-order valence-corrected chi connectivity index (χ1v) is 7.05. The van der Waals surface area contributed by atoms with Crippen LogP contribution in [0.4, 0.5) is 5.69 Å². The SMILES string of the molecule is CCNC(=NCC(=O)Nc1ccccc1)NC(C)CC.I. The second kappa shape index (κ2) is 11.4. The van der Waals surface area contributed by atoms with Crippen molar-refractivity contribution in [3.05, 3.63) is 30.3 Å². The number of hydrogen-bond acceptors (Lipinski definition) is 2. The number of nitrogens with one attached hydrogen (secondary N) is 3. The number of aliphatic imine (C=N–C) groups is 1. The Balaban J connectivity index is 0.00000400. The van der Waals surface area contributed by atoms with E-state index >= 15 is 0 Å². The van der Waals surface area contributed by atoms with Crippen LogP contribution in [0.3, 0.4) is 0 Å². The fraction of sp³-hybridized carbons (Fsp3) is 0.467. The molecule has 0 heterocycles. The topological polar surface area (TPSA) is 65.5 Å². The highest BCUT2D eigenvalue weighted by molar-refractivity contribution is 14.0. The number of carbonyl (C=O) groups is 1. The standard InChI is InChI=1S/C15H24N4O.HI/c1-4-12(3)18-15(16-5-2)17-11-14(20)19-13-9-7-6-8-10-13;/h6-10,12H,4-5,11H2,1-3H3,(H,19,20)(H2,16,17,18);1H. The van der Waals surface area contributed by atoms with Crippen molar-refractivity contribution in [1.82, 2.24) is 10.6 Å². The van der Waals surface area contributed by atoms with Gasteiger partial charge in [-0.3, -0.25) is 4.79 Å². The molecule has 21 heavy (non-hydrogen) atoms. The molecule has 1 aromatic rings. The highest BCUT2D eigenvalue weighted by Gasteiger charge is 2.05. The second-order valence-corrected chi connectivity index (χ2v) is 4.56. The number of hydrogen-bond donors (Lipinski definition) is 3. The van der Waals surface area contributed by atoms with Gasteiger partial charge < -0.3 is 16.0 Å². The van der Waals surface area contributed by atoms with Crippen LogP contribution in [0.15, 0.2) is 35.3 Å². The molecule has 0 aliphatic heterocycles. The molecule has 1 amide bonds. The average Bonchev–Trinajstić information content (AvgIpc) is 2.46. The molecule has 0 fully saturated rings. The van der Waals surface area contributed by atoms with Gasteiger partial charge in [0.1, 0.15) is 6.54 Å². The summed E-state index contributed by atoms with van der Waals surface area (Å²) in [6, 6.07) is 9.70. The molecule has 0 saturated heterocycles. The van der Waals surface area contributed by atoms with Gasteiger partial charge in [-0.1, -0.05) is 25.1 Å². The molecule has 1 unspecified atom stereocenters. The highest BCUT2D eigenvalue weighted by atomic mass is 127. The number of rotatable bonds is 6. The molecule has 1 atom stereocenters. The Hall–Kier alpha value is -1.31. The minimum absolute atomic E-state index is 0. The van der Waals surface area contributed by atoms with E-state index < -0.39 is 0 Å². The molecule has 0 aliphatic carbocycles. The molecular weight excluding hydrogens is 379 g/mol. The van der Waals surface area contributed by atoms with Crippen LogP contribution in [0.2, 0.25) is 0 Å². The minimum Gasteiger partial charge on any atom is -0.357 e. The second-order valence-electron chi connectivity index (χ2n) is 4.56. The third kappa shape index (κ3) is 8.54. The van der Waals surface area contributed by atoms with Gasteiger partial charge >= 0.3 is 0 Å². The lowest BCUT2D eigenvalue weighted by molar-refractivity contribution is -0.114. The Morgan fingerprint density at radius 1 is 1.24 bits per heavy atom. The van der Waals surface area contributed by atoms with Gasteiger partial charge in [0.2, 0.25) is 5.91 Å². The summed E-state index contributed by atoms with van der Waals surface area (Å²) in [7, 11) is 0. The van der Waals surface area contributed by atoms with Gasteiger partial charge in [0, 0.05) is 18.3 Å². The lowest BCUT2D eigenvalue weighted by Gasteiger charge is -2.16. The van der Waals surface area contributed by atoms with Crippen LogP contribution in [0.5, 0.6) is 0 Å². The van der Waals surface area contributed by atoms with E-state index in [2.05, 4.69) is 34.8 Å². The quantitative estimate of drug-likeness (QED) is 0.388. The van der Waals surface area contributed by atoms with E-state index in [1.54, 1.807) is 0 Å². The van der Waals surface area contributed by atoms with E-state index in [0.717, 1.165) is 18.7 Å². The monoisotopic (exact) mass is 404 g/mol. The van der Waals surface area contributed by atoms with Crippen LogP contribution in [-0.2, 0) is 4.79 Å². The fourth-order valence-electron chi connectivity index (χ4n) is 1.53. The van der Waals surface area contributed by atoms with Gasteiger partial charge in [0.15, 0.2) is 5.96 Å². The number of amides is 1. The van der Waals surface area contributed by atoms with E-state index in [9.17, 15) is 4.79 Å². The van der Waals surface area contributed by atoms with E-state index in [4.69, 9.17) is 0 Å². The molecule has 0 bridgehead atoms. The molecule has 1 aromatic carbocycles. The zero-order chi connectivity index (χ0) is 14.8. The van der Waals surface area contributed by atoms with Gasteiger partial charge in [-0.2, -0.15) is 0 Å². The lowest BCUT2D eigenvalue weighted by Crippen LogP contribution is -2.42. The summed E-state index contributed by atoms with van der Waals surface area (Å²) in [5.74, 6) is 0.544. The lowest BCUT2D eigenvalue weighted by atomic mass is 10.3. The Kier molecular flexibility index (Phi) is 10.7. The summed E-state index contributed by atoms with van der Waals surface area (Å²) >= 11 is 0. The third-order valence-corrected chi connectivity index (χ3v) is 2.78.